The van der Waals surface area contributed by atoms with Gasteiger partial charge in [0.2, 0.25) is 0 Å². The van der Waals surface area contributed by atoms with Crippen molar-refractivity contribution < 1.29 is 0 Å². The van der Waals surface area contributed by atoms with Crippen LogP contribution in [0.2, 0.25) is 5.02 Å². The van der Waals surface area contributed by atoms with Crippen molar-refractivity contribution in [2.45, 2.75) is 23.1 Å². The van der Waals surface area contributed by atoms with Crippen LogP contribution in [0.5, 0.6) is 0 Å². The van der Waals surface area contributed by atoms with E-state index in [2.05, 4.69) is 13.0 Å². The van der Waals surface area contributed by atoms with Crippen molar-refractivity contribution in [1.82, 2.24) is 0 Å². The Balaban J connectivity index is 2.26. The Labute approximate surface area is 111 Å². The minimum atomic E-state index is 0.766. The van der Waals surface area contributed by atoms with Crippen LogP contribution in [0.15, 0.2) is 52.3 Å². The predicted octanol–water partition coefficient (Wildman–Crippen LogP) is 4.64. The molecule has 0 aromatic heterocycles. The summed E-state index contributed by atoms with van der Waals surface area (Å²) < 4.78 is 0. The summed E-state index contributed by atoms with van der Waals surface area (Å²) >= 11 is 7.61. The number of hydrogen-bond acceptors (Lipinski definition) is 2. The molecule has 0 saturated heterocycles. The fourth-order valence-electron chi connectivity index (χ4n) is 1.60. The highest BCUT2D eigenvalue weighted by Crippen LogP contribution is 2.32. The first-order valence-corrected chi connectivity index (χ1v) is 6.70. The molecule has 0 spiro atoms. The minimum Gasteiger partial charge on any atom is -0.399 e. The Morgan fingerprint density at radius 1 is 1.12 bits per heavy atom. The highest BCUT2D eigenvalue weighted by molar-refractivity contribution is 7.99. The highest BCUT2D eigenvalue weighted by atomic mass is 35.5. The summed E-state index contributed by atoms with van der Waals surface area (Å²) in [6.45, 7) is 2.14. The number of rotatable bonds is 3. The number of hydrogen-bond donors (Lipinski definition) is 1. The number of aryl methyl sites for hydroxylation is 1. The van der Waals surface area contributed by atoms with E-state index in [1.807, 2.05) is 36.4 Å². The summed E-state index contributed by atoms with van der Waals surface area (Å²) in [5.41, 5.74) is 7.89. The first-order chi connectivity index (χ1) is 8.19. The van der Waals surface area contributed by atoms with Crippen LogP contribution in [0.1, 0.15) is 12.5 Å². The van der Waals surface area contributed by atoms with Crippen LogP contribution < -0.4 is 5.73 Å². The molecule has 2 aromatic carbocycles. The second kappa shape index (κ2) is 5.48. The maximum absolute atomic E-state index is 5.87. The number of anilines is 1. The normalized spacial score (nSPS) is 10.5. The molecule has 1 nitrogen and oxygen atoms in total. The molecule has 17 heavy (non-hydrogen) atoms. The largest absolute Gasteiger partial charge is 0.399 e. The van der Waals surface area contributed by atoms with Gasteiger partial charge in [-0.25, -0.2) is 0 Å². The van der Waals surface area contributed by atoms with Crippen LogP contribution in [-0.2, 0) is 6.42 Å². The van der Waals surface area contributed by atoms with Crippen LogP contribution >= 0.6 is 23.4 Å². The second-order valence-electron chi connectivity index (χ2n) is 3.78. The van der Waals surface area contributed by atoms with Gasteiger partial charge in [0.05, 0.1) is 0 Å². The lowest BCUT2D eigenvalue weighted by Gasteiger charge is -2.08. The van der Waals surface area contributed by atoms with Gasteiger partial charge < -0.3 is 5.73 Å². The van der Waals surface area contributed by atoms with Crippen molar-refractivity contribution in [2.75, 3.05) is 5.73 Å². The molecule has 2 N–H and O–H groups in total. The van der Waals surface area contributed by atoms with E-state index in [-0.39, 0.29) is 0 Å². The molecule has 0 unspecified atom stereocenters. The second-order valence-corrected chi connectivity index (χ2v) is 5.33. The third kappa shape index (κ3) is 3.18. The van der Waals surface area contributed by atoms with Crippen molar-refractivity contribution in [1.29, 1.82) is 0 Å². The predicted molar refractivity (Wildman–Crippen MR) is 75.8 cm³/mol. The fraction of sp³-hybridized carbons (Fsp3) is 0.143. The zero-order valence-electron chi connectivity index (χ0n) is 9.61. The van der Waals surface area contributed by atoms with Gasteiger partial charge in [0.1, 0.15) is 0 Å². The summed E-state index contributed by atoms with van der Waals surface area (Å²) in [5, 5.41) is 0.766. The zero-order chi connectivity index (χ0) is 12.3. The molecule has 88 valence electrons. The van der Waals surface area contributed by atoms with Crippen LogP contribution in [0.25, 0.3) is 0 Å². The molecule has 0 amide bonds. The van der Waals surface area contributed by atoms with Crippen LogP contribution in [0.3, 0.4) is 0 Å². The maximum atomic E-state index is 5.87. The standard InChI is InChI=1S/C14H14ClNS/c1-2-10-9-12(16)5-8-14(10)17-13-6-3-11(15)4-7-13/h3-9H,2,16H2,1H3. The van der Waals surface area contributed by atoms with E-state index in [9.17, 15) is 0 Å². The first-order valence-electron chi connectivity index (χ1n) is 5.51. The van der Waals surface area contributed by atoms with Crippen LogP contribution in [0, 0.1) is 0 Å². The lowest BCUT2D eigenvalue weighted by Crippen LogP contribution is -1.90. The number of nitrogen functional groups attached to an aromatic ring is 1. The lowest BCUT2D eigenvalue weighted by atomic mass is 10.1. The summed E-state index contributed by atoms with van der Waals surface area (Å²) in [6, 6.07) is 13.9. The van der Waals surface area contributed by atoms with Crippen LogP contribution in [0.4, 0.5) is 5.69 Å². The molecule has 0 radical (unpaired) electrons. The molecule has 0 atom stereocenters. The van der Waals surface area contributed by atoms with E-state index in [1.54, 1.807) is 11.8 Å². The molecular formula is C14H14ClNS. The SMILES string of the molecule is CCc1cc(N)ccc1Sc1ccc(Cl)cc1. The van der Waals surface area contributed by atoms with E-state index < -0.39 is 0 Å². The van der Waals surface area contributed by atoms with Gasteiger partial charge in [-0.1, -0.05) is 30.3 Å². The number of benzene rings is 2. The molecule has 0 bridgehead atoms. The summed E-state index contributed by atoms with van der Waals surface area (Å²) in [4.78, 5) is 2.44. The minimum absolute atomic E-state index is 0.766. The summed E-state index contributed by atoms with van der Waals surface area (Å²) in [6.07, 6.45) is 0.987. The van der Waals surface area contributed by atoms with Gasteiger partial charge in [0.15, 0.2) is 0 Å². The molecule has 0 heterocycles. The van der Waals surface area contributed by atoms with Crippen LogP contribution in [-0.4, -0.2) is 0 Å². The number of halogens is 1. The molecule has 0 aliphatic rings. The van der Waals surface area contributed by atoms with Crippen molar-refractivity contribution in [3.05, 3.63) is 53.1 Å². The Bertz CT molecular complexity index is 508. The van der Waals surface area contributed by atoms with E-state index in [1.165, 1.54) is 15.4 Å². The molecular weight excluding hydrogens is 250 g/mol. The van der Waals surface area contributed by atoms with Gasteiger partial charge in [-0.3, -0.25) is 0 Å². The van der Waals surface area contributed by atoms with Crippen molar-refractivity contribution >= 4 is 29.1 Å². The average Bonchev–Trinajstić information content (AvgIpc) is 2.34. The van der Waals surface area contributed by atoms with E-state index in [0.717, 1.165) is 17.1 Å². The van der Waals surface area contributed by atoms with Crippen molar-refractivity contribution in [2.24, 2.45) is 0 Å². The summed E-state index contributed by atoms with van der Waals surface area (Å²) in [7, 11) is 0. The van der Waals surface area contributed by atoms with E-state index in [0.29, 0.717) is 0 Å². The van der Waals surface area contributed by atoms with Gasteiger partial charge in [-0.2, -0.15) is 0 Å². The first kappa shape index (κ1) is 12.3. The molecule has 2 aromatic rings. The Morgan fingerprint density at radius 2 is 1.82 bits per heavy atom. The third-order valence-electron chi connectivity index (χ3n) is 2.51. The van der Waals surface area contributed by atoms with Gasteiger partial charge in [-0.15, -0.1) is 0 Å². The van der Waals surface area contributed by atoms with Gasteiger partial charge in [0.25, 0.3) is 0 Å². The third-order valence-corrected chi connectivity index (χ3v) is 3.88. The monoisotopic (exact) mass is 263 g/mol. The van der Waals surface area contributed by atoms with Gasteiger partial charge >= 0.3 is 0 Å². The van der Waals surface area contributed by atoms with Gasteiger partial charge in [-0.05, 0) is 54.4 Å². The fourth-order valence-corrected chi connectivity index (χ4v) is 2.73. The maximum Gasteiger partial charge on any atom is 0.0406 e. The Morgan fingerprint density at radius 3 is 2.47 bits per heavy atom. The molecule has 0 aliphatic heterocycles. The van der Waals surface area contributed by atoms with E-state index >= 15 is 0 Å². The average molecular weight is 264 g/mol. The zero-order valence-corrected chi connectivity index (χ0v) is 11.2. The van der Waals surface area contributed by atoms with Crippen molar-refractivity contribution in [3.8, 4) is 0 Å². The highest BCUT2D eigenvalue weighted by Gasteiger charge is 2.03. The Hall–Kier alpha value is -1.12. The molecule has 0 aliphatic carbocycles. The van der Waals surface area contributed by atoms with Crippen molar-refractivity contribution in [3.63, 3.8) is 0 Å². The topological polar surface area (TPSA) is 26.0 Å². The summed E-state index contributed by atoms with van der Waals surface area (Å²) in [5.74, 6) is 0. The number of nitrogens with two attached hydrogens (primary N) is 1. The molecule has 2 rings (SSSR count). The molecule has 0 fully saturated rings. The Kier molecular flexibility index (Phi) is 3.97. The van der Waals surface area contributed by atoms with Gasteiger partial charge in [0, 0.05) is 20.5 Å². The molecule has 3 heteroatoms. The lowest BCUT2D eigenvalue weighted by molar-refractivity contribution is 1.08. The van der Waals surface area contributed by atoms with E-state index in [4.69, 9.17) is 17.3 Å². The smallest absolute Gasteiger partial charge is 0.0406 e. The molecule has 0 saturated carbocycles. The quantitative estimate of drug-likeness (QED) is 0.817.